The average molecular weight is 792 g/mol. The summed E-state index contributed by atoms with van der Waals surface area (Å²) in [5.74, 6) is 2.02. The average Bonchev–Trinajstić information content (AvgIpc) is 3.66. The number of carboxylic acids is 1. The molecule has 1 aromatic carbocycles. The predicted octanol–water partition coefficient (Wildman–Crippen LogP) is 9.88. The van der Waals surface area contributed by atoms with Crippen molar-refractivity contribution in [3.63, 3.8) is 0 Å². The topological polar surface area (TPSA) is 137 Å². The molecule has 9 nitrogen and oxygen atoms in total. The van der Waals surface area contributed by atoms with E-state index in [9.17, 15) is 19.5 Å². The molecule has 1 aromatic heterocycles. The maximum absolute atomic E-state index is 14.3. The van der Waals surface area contributed by atoms with Gasteiger partial charge in [0.05, 0.1) is 11.8 Å². The van der Waals surface area contributed by atoms with Gasteiger partial charge in [0.2, 0.25) is 0 Å². The van der Waals surface area contributed by atoms with Crippen molar-refractivity contribution in [2.45, 2.75) is 152 Å². The normalized spacial score (nSPS) is 32.2. The van der Waals surface area contributed by atoms with Gasteiger partial charge in [0, 0.05) is 41.9 Å². The van der Waals surface area contributed by atoms with E-state index >= 15 is 0 Å². The zero-order valence-electron chi connectivity index (χ0n) is 35.5. The fourth-order valence-electron chi connectivity index (χ4n) is 12.3. The van der Waals surface area contributed by atoms with Crippen molar-refractivity contribution in [3.8, 4) is 11.4 Å². The first-order chi connectivity index (χ1) is 26.3. The number of halogens is 1. The van der Waals surface area contributed by atoms with Crippen LogP contribution in [0.3, 0.4) is 0 Å². The predicted molar refractivity (Wildman–Crippen MR) is 221 cm³/mol. The Morgan fingerprint density at radius 2 is 1.75 bits per heavy atom. The molecule has 0 saturated heterocycles. The monoisotopic (exact) mass is 790 g/mol. The van der Waals surface area contributed by atoms with Gasteiger partial charge in [-0.25, -0.2) is 0 Å². The van der Waals surface area contributed by atoms with Crippen LogP contribution in [0.2, 0.25) is 5.02 Å². The van der Waals surface area contributed by atoms with Crippen LogP contribution in [0.25, 0.3) is 11.4 Å². The molecule has 3 saturated carbocycles. The van der Waals surface area contributed by atoms with E-state index in [4.69, 9.17) is 32.3 Å². The number of aliphatic carboxylic acids is 1. The Kier molecular flexibility index (Phi) is 11.9. The molecule has 10 heteroatoms. The second kappa shape index (κ2) is 15.6. The number of nitrogens with two attached hydrogens (primary N) is 1. The number of aromatic nitrogens is 3. The summed E-state index contributed by atoms with van der Waals surface area (Å²) in [4.78, 5) is 38.9. The zero-order valence-corrected chi connectivity index (χ0v) is 36.2. The molecule has 1 heterocycles. The first-order valence-corrected chi connectivity index (χ1v) is 21.7. The van der Waals surface area contributed by atoms with Crippen molar-refractivity contribution in [3.05, 3.63) is 46.3 Å². The van der Waals surface area contributed by atoms with Crippen LogP contribution in [0.5, 0.6) is 0 Å². The lowest BCUT2D eigenvalue weighted by molar-refractivity contribution is -0.187. The molecule has 3 N–H and O–H groups in total. The number of allylic oxidation sites excluding steroid dienone is 2. The van der Waals surface area contributed by atoms with Crippen molar-refractivity contribution in [2.75, 3.05) is 6.54 Å². The van der Waals surface area contributed by atoms with Crippen molar-refractivity contribution in [2.24, 2.45) is 56.5 Å². The highest BCUT2D eigenvalue weighted by atomic mass is 35.5. The van der Waals surface area contributed by atoms with Crippen LogP contribution in [-0.2, 0) is 32.1 Å². The Hall–Kier alpha value is -3.04. The third-order valence-corrected chi connectivity index (χ3v) is 16.3. The summed E-state index contributed by atoms with van der Waals surface area (Å²) < 4.78 is 8.13. The summed E-state index contributed by atoms with van der Waals surface area (Å²) in [6, 6.07) is 7.71. The van der Waals surface area contributed by atoms with Gasteiger partial charge >= 0.3 is 11.9 Å². The van der Waals surface area contributed by atoms with E-state index in [0.717, 1.165) is 67.7 Å². The lowest BCUT2D eigenvalue weighted by Gasteiger charge is -2.69. The molecule has 0 bridgehead atoms. The van der Waals surface area contributed by atoms with Crippen LogP contribution in [0, 0.1) is 50.7 Å². The van der Waals surface area contributed by atoms with Gasteiger partial charge in [-0.2, -0.15) is 0 Å². The number of carbonyl (C=O) groups excluding carboxylic acids is 2. The molecule has 4 aliphatic carbocycles. The molecule has 2 aromatic rings. The molecule has 0 radical (unpaired) electrons. The number of hydrogen-bond acceptors (Lipinski definition) is 7. The number of rotatable bonds is 14. The molecular formula is C46H67ClN4O5. The minimum atomic E-state index is -1.16. The highest BCUT2D eigenvalue weighted by Crippen LogP contribution is 2.75. The largest absolute Gasteiger partial charge is 0.481 e. The molecule has 0 unspecified atom stereocenters. The minimum Gasteiger partial charge on any atom is -0.481 e. The molecular weight excluding hydrogens is 724 g/mol. The summed E-state index contributed by atoms with van der Waals surface area (Å²) >= 11 is 6.23. The van der Waals surface area contributed by atoms with Crippen molar-refractivity contribution >= 4 is 29.3 Å². The van der Waals surface area contributed by atoms with Gasteiger partial charge in [0.1, 0.15) is 11.9 Å². The molecule has 0 amide bonds. The van der Waals surface area contributed by atoms with Crippen LogP contribution >= 0.6 is 11.6 Å². The van der Waals surface area contributed by atoms with Crippen LogP contribution in [0.1, 0.15) is 139 Å². The van der Waals surface area contributed by atoms with Gasteiger partial charge in [-0.05, 0) is 141 Å². The second-order valence-corrected chi connectivity index (χ2v) is 20.3. The van der Waals surface area contributed by atoms with E-state index < -0.39 is 17.4 Å². The quantitative estimate of drug-likeness (QED) is 0.181. The van der Waals surface area contributed by atoms with E-state index in [0.29, 0.717) is 60.9 Å². The van der Waals surface area contributed by atoms with Crippen molar-refractivity contribution in [1.82, 2.24) is 14.8 Å². The standard InChI is InChI=1S/C46H67ClN4O5/c1-10-32(56-37(53)27-42(5,6)41(54)55)18-19-43(7)29(4)17-20-45(9)35(43)16-15-33-39-38(28(2)3)34(52)25-46(39,22-21-44(33,45)8)26-36-49-50-40(51(36)24-23-48)30-11-13-31(47)14-12-30/h11-14,28-29,32-33,35H,10,15-27,48H2,1-9H3,(H,54,55)/t29-,32-,33-,35-,43+,44-,45-,46+/m1/s1. The lowest BCUT2D eigenvalue weighted by atomic mass is 9.35. The number of nitrogens with zero attached hydrogens (tertiary/aromatic N) is 3. The first-order valence-electron chi connectivity index (χ1n) is 21.4. The van der Waals surface area contributed by atoms with Crippen LogP contribution in [0.4, 0.5) is 0 Å². The van der Waals surface area contributed by atoms with E-state index in [2.05, 4.69) is 53.0 Å². The number of Topliss-reactive ketones (excluding diaryl/α,β-unsaturated/α-hetero) is 1. The third-order valence-electron chi connectivity index (χ3n) is 16.0. The van der Waals surface area contributed by atoms with Gasteiger partial charge < -0.3 is 20.1 Å². The summed E-state index contributed by atoms with van der Waals surface area (Å²) in [6.45, 7) is 20.7. The zero-order chi connectivity index (χ0) is 41.0. The van der Waals surface area contributed by atoms with Gasteiger partial charge in [-0.3, -0.25) is 14.4 Å². The molecule has 56 heavy (non-hydrogen) atoms. The number of benzene rings is 1. The fourth-order valence-corrected chi connectivity index (χ4v) is 12.5. The van der Waals surface area contributed by atoms with E-state index in [1.807, 2.05) is 24.3 Å². The van der Waals surface area contributed by atoms with Crippen LogP contribution in [-0.4, -0.2) is 50.2 Å². The molecule has 6 rings (SSSR count). The van der Waals surface area contributed by atoms with Crippen LogP contribution in [0.15, 0.2) is 35.4 Å². The number of carboxylic acid groups (broad SMARTS) is 1. The number of fused-ring (bicyclic) bond motifs is 5. The number of ketones is 1. The Balaban J connectivity index is 1.30. The summed E-state index contributed by atoms with van der Waals surface area (Å²) in [5.41, 5.74) is 8.30. The first kappa shape index (κ1) is 42.6. The molecule has 0 spiro atoms. The van der Waals surface area contributed by atoms with E-state index in [1.54, 1.807) is 13.8 Å². The van der Waals surface area contributed by atoms with E-state index in [-0.39, 0.29) is 40.1 Å². The van der Waals surface area contributed by atoms with Gasteiger partial charge in [-0.1, -0.05) is 65.6 Å². The fraction of sp³-hybridized carbons (Fsp3) is 0.717. The second-order valence-electron chi connectivity index (χ2n) is 19.8. The van der Waals surface area contributed by atoms with Crippen LogP contribution < -0.4 is 5.73 Å². The number of ether oxygens (including phenoxy) is 1. The number of hydrogen-bond donors (Lipinski definition) is 2. The Morgan fingerprint density at radius 3 is 2.38 bits per heavy atom. The number of esters is 1. The SMILES string of the molecule is CC[C@H](CC[C@@]1(C)[C@H](C)CC[C@]2(C)[C@@H]1CC[C@@H]1C3=C(C(C)C)C(=O)C[C@]3(Cc3nnc(-c4ccc(Cl)cc4)n3CCN)CC[C@]12C)OC(=O)CC(C)(C)C(=O)O. The summed E-state index contributed by atoms with van der Waals surface area (Å²) in [6.07, 6.45) is 9.72. The highest BCUT2D eigenvalue weighted by Gasteiger charge is 2.67. The van der Waals surface area contributed by atoms with E-state index in [1.165, 1.54) is 12.0 Å². The molecule has 4 aliphatic rings. The number of carbonyl (C=O) groups is 3. The smallest absolute Gasteiger partial charge is 0.309 e. The summed E-state index contributed by atoms with van der Waals surface area (Å²) in [7, 11) is 0. The molecule has 8 atom stereocenters. The molecule has 308 valence electrons. The Bertz CT molecular complexity index is 1850. The Morgan fingerprint density at radius 1 is 1.05 bits per heavy atom. The highest BCUT2D eigenvalue weighted by molar-refractivity contribution is 6.30. The van der Waals surface area contributed by atoms with Crippen molar-refractivity contribution < 1.29 is 24.2 Å². The summed E-state index contributed by atoms with van der Waals surface area (Å²) in [5, 5.41) is 19.8. The van der Waals surface area contributed by atoms with Gasteiger partial charge in [0.15, 0.2) is 11.6 Å². The maximum atomic E-state index is 14.3. The minimum absolute atomic E-state index is 0.0132. The van der Waals surface area contributed by atoms with Gasteiger partial charge in [-0.15, -0.1) is 10.2 Å². The molecule has 3 fully saturated rings. The molecule has 0 aliphatic heterocycles. The lowest BCUT2D eigenvalue weighted by Crippen LogP contribution is -2.62. The maximum Gasteiger partial charge on any atom is 0.309 e. The van der Waals surface area contributed by atoms with Gasteiger partial charge in [0.25, 0.3) is 0 Å². The Labute approximate surface area is 340 Å². The van der Waals surface area contributed by atoms with Crippen molar-refractivity contribution in [1.29, 1.82) is 0 Å². The third kappa shape index (κ3) is 7.20.